The molecule has 1 N–H and O–H groups in total. The van der Waals surface area contributed by atoms with Crippen LogP contribution in [0.4, 0.5) is 8.78 Å². The van der Waals surface area contributed by atoms with Crippen LogP contribution in [-0.4, -0.2) is 15.9 Å². The Hall–Kier alpha value is -2.37. The molecule has 1 aromatic carbocycles. The monoisotopic (exact) mass is 249 g/mol. The summed E-state index contributed by atoms with van der Waals surface area (Å²) in [5.41, 5.74) is 0.631. The Kier molecular flexibility index (Phi) is 3.57. The summed E-state index contributed by atoms with van der Waals surface area (Å²) in [6, 6.07) is 3.45. The van der Waals surface area contributed by atoms with Crippen LogP contribution in [0.2, 0.25) is 0 Å². The van der Waals surface area contributed by atoms with Crippen molar-refractivity contribution in [3.63, 3.8) is 0 Å². The highest BCUT2D eigenvalue weighted by Crippen LogP contribution is 2.08. The smallest absolute Gasteiger partial charge is 0.271 e. The third kappa shape index (κ3) is 2.85. The van der Waals surface area contributed by atoms with Gasteiger partial charge in [-0.15, -0.1) is 0 Å². The zero-order chi connectivity index (χ0) is 13.0. The number of nitrogens with zero attached hydrogens (tertiary/aromatic N) is 2. The van der Waals surface area contributed by atoms with Gasteiger partial charge in [0.1, 0.15) is 5.69 Å². The van der Waals surface area contributed by atoms with E-state index in [9.17, 15) is 13.6 Å². The fourth-order valence-electron chi connectivity index (χ4n) is 1.34. The minimum atomic E-state index is -0.943. The van der Waals surface area contributed by atoms with E-state index in [1.54, 1.807) is 0 Å². The number of halogens is 2. The lowest BCUT2D eigenvalue weighted by molar-refractivity contribution is 0.0945. The molecule has 6 heteroatoms. The second-order valence-electron chi connectivity index (χ2n) is 3.52. The van der Waals surface area contributed by atoms with E-state index >= 15 is 0 Å². The predicted molar refractivity (Wildman–Crippen MR) is 59.6 cm³/mol. The standard InChI is InChI=1S/C12H9F2N3O/c13-9-2-1-8(5-10(9)14)6-17-12(18)11-7-15-3-4-16-11/h1-5,7H,6H2,(H,17,18). The van der Waals surface area contributed by atoms with Gasteiger partial charge < -0.3 is 5.32 Å². The molecule has 4 nitrogen and oxygen atoms in total. The lowest BCUT2D eigenvalue weighted by Gasteiger charge is -2.04. The van der Waals surface area contributed by atoms with E-state index in [0.717, 1.165) is 12.1 Å². The quantitative estimate of drug-likeness (QED) is 0.900. The summed E-state index contributed by atoms with van der Waals surface area (Å²) in [4.78, 5) is 19.2. The number of amides is 1. The fraction of sp³-hybridized carbons (Fsp3) is 0.0833. The Morgan fingerprint density at radius 1 is 1.22 bits per heavy atom. The van der Waals surface area contributed by atoms with E-state index in [1.807, 2.05) is 0 Å². The van der Waals surface area contributed by atoms with Crippen molar-refractivity contribution in [1.29, 1.82) is 0 Å². The Bertz CT molecular complexity index is 561. The van der Waals surface area contributed by atoms with Crippen LogP contribution in [0.15, 0.2) is 36.8 Å². The molecule has 0 aliphatic rings. The van der Waals surface area contributed by atoms with Crippen LogP contribution in [0.3, 0.4) is 0 Å². The average Bonchev–Trinajstić information content (AvgIpc) is 2.41. The average molecular weight is 249 g/mol. The number of nitrogens with one attached hydrogen (secondary N) is 1. The normalized spacial score (nSPS) is 10.1. The first-order chi connectivity index (χ1) is 8.66. The third-order valence-electron chi connectivity index (χ3n) is 2.23. The Labute approximate surface area is 102 Å². The van der Waals surface area contributed by atoms with Gasteiger partial charge in [0.05, 0.1) is 6.20 Å². The van der Waals surface area contributed by atoms with Gasteiger partial charge in [-0.25, -0.2) is 13.8 Å². The second kappa shape index (κ2) is 5.31. The number of carbonyl (C=O) groups excluding carboxylic acids is 1. The number of carbonyl (C=O) groups is 1. The molecule has 18 heavy (non-hydrogen) atoms. The zero-order valence-corrected chi connectivity index (χ0v) is 9.23. The van der Waals surface area contributed by atoms with Gasteiger partial charge in [-0.3, -0.25) is 9.78 Å². The molecule has 0 unspecified atom stereocenters. The SMILES string of the molecule is O=C(NCc1ccc(F)c(F)c1)c1cnccn1. The summed E-state index contributed by atoms with van der Waals surface area (Å²) in [6.07, 6.45) is 4.17. The zero-order valence-electron chi connectivity index (χ0n) is 9.23. The second-order valence-corrected chi connectivity index (χ2v) is 3.52. The maximum Gasteiger partial charge on any atom is 0.271 e. The maximum atomic E-state index is 12.9. The molecule has 2 rings (SSSR count). The molecular formula is C12H9F2N3O. The van der Waals surface area contributed by atoms with E-state index < -0.39 is 17.5 Å². The molecule has 1 amide bonds. The van der Waals surface area contributed by atoms with Gasteiger partial charge in [-0.2, -0.15) is 0 Å². The van der Waals surface area contributed by atoms with Crippen molar-refractivity contribution in [3.05, 3.63) is 59.7 Å². The molecule has 2 aromatic rings. The van der Waals surface area contributed by atoms with Gasteiger partial charge in [-0.05, 0) is 17.7 Å². The van der Waals surface area contributed by atoms with E-state index in [4.69, 9.17) is 0 Å². The predicted octanol–water partition coefficient (Wildman–Crippen LogP) is 1.68. The van der Waals surface area contributed by atoms with Crippen LogP contribution in [0.1, 0.15) is 16.1 Å². The molecule has 1 heterocycles. The highest BCUT2D eigenvalue weighted by Gasteiger charge is 2.07. The fourth-order valence-corrected chi connectivity index (χ4v) is 1.34. The van der Waals surface area contributed by atoms with E-state index in [-0.39, 0.29) is 12.2 Å². The highest BCUT2D eigenvalue weighted by atomic mass is 19.2. The minimum absolute atomic E-state index is 0.0899. The van der Waals surface area contributed by atoms with Crippen LogP contribution in [0.25, 0.3) is 0 Å². The molecule has 0 atom stereocenters. The first-order valence-corrected chi connectivity index (χ1v) is 5.15. The van der Waals surface area contributed by atoms with Gasteiger partial charge in [0.25, 0.3) is 5.91 Å². The third-order valence-corrected chi connectivity index (χ3v) is 2.23. The van der Waals surface area contributed by atoms with Crippen molar-refractivity contribution in [3.8, 4) is 0 Å². The van der Waals surface area contributed by atoms with Gasteiger partial charge in [-0.1, -0.05) is 6.07 Å². The van der Waals surface area contributed by atoms with Gasteiger partial charge in [0.2, 0.25) is 0 Å². The first-order valence-electron chi connectivity index (χ1n) is 5.15. The van der Waals surface area contributed by atoms with Crippen LogP contribution >= 0.6 is 0 Å². The number of aromatic nitrogens is 2. The summed E-state index contributed by atoms with van der Waals surface area (Å²) >= 11 is 0. The van der Waals surface area contributed by atoms with Crippen molar-refractivity contribution in [2.45, 2.75) is 6.54 Å². The van der Waals surface area contributed by atoms with Crippen molar-refractivity contribution >= 4 is 5.91 Å². The molecular weight excluding hydrogens is 240 g/mol. The molecule has 92 valence electrons. The number of hydrogen-bond donors (Lipinski definition) is 1. The Morgan fingerprint density at radius 2 is 2.06 bits per heavy atom. The van der Waals surface area contributed by atoms with Crippen molar-refractivity contribution in [2.75, 3.05) is 0 Å². The molecule has 0 radical (unpaired) electrons. The van der Waals surface area contributed by atoms with Gasteiger partial charge in [0.15, 0.2) is 11.6 Å². The Balaban J connectivity index is 1.99. The van der Waals surface area contributed by atoms with Crippen molar-refractivity contribution in [1.82, 2.24) is 15.3 Å². The highest BCUT2D eigenvalue weighted by molar-refractivity contribution is 5.91. The molecule has 0 spiro atoms. The molecule has 0 saturated heterocycles. The molecule has 0 saturated carbocycles. The van der Waals surface area contributed by atoms with E-state index in [0.29, 0.717) is 5.56 Å². The molecule has 0 fully saturated rings. The van der Waals surface area contributed by atoms with Crippen LogP contribution in [0, 0.1) is 11.6 Å². The Morgan fingerprint density at radius 3 is 2.72 bits per heavy atom. The van der Waals surface area contributed by atoms with E-state index in [1.165, 1.54) is 24.7 Å². The molecule has 1 aromatic heterocycles. The molecule has 0 bridgehead atoms. The van der Waals surface area contributed by atoms with E-state index in [2.05, 4.69) is 15.3 Å². The first kappa shape index (κ1) is 12.1. The van der Waals surface area contributed by atoms with Crippen LogP contribution in [-0.2, 0) is 6.54 Å². The summed E-state index contributed by atoms with van der Waals surface area (Å²) < 4.78 is 25.6. The number of benzene rings is 1. The van der Waals surface area contributed by atoms with Crippen molar-refractivity contribution in [2.24, 2.45) is 0 Å². The molecule has 0 aliphatic carbocycles. The largest absolute Gasteiger partial charge is 0.347 e. The van der Waals surface area contributed by atoms with Gasteiger partial charge in [0, 0.05) is 18.9 Å². The lowest BCUT2D eigenvalue weighted by Crippen LogP contribution is -2.23. The van der Waals surface area contributed by atoms with Crippen LogP contribution < -0.4 is 5.32 Å². The number of hydrogen-bond acceptors (Lipinski definition) is 3. The van der Waals surface area contributed by atoms with Crippen molar-refractivity contribution < 1.29 is 13.6 Å². The summed E-state index contributed by atoms with van der Waals surface area (Å²) in [5, 5.41) is 2.53. The summed E-state index contributed by atoms with van der Waals surface area (Å²) in [6.45, 7) is 0.0899. The van der Waals surface area contributed by atoms with Crippen LogP contribution in [0.5, 0.6) is 0 Å². The summed E-state index contributed by atoms with van der Waals surface area (Å²) in [7, 11) is 0. The topological polar surface area (TPSA) is 54.9 Å². The summed E-state index contributed by atoms with van der Waals surface area (Å²) in [5.74, 6) is -2.28. The maximum absolute atomic E-state index is 12.9. The minimum Gasteiger partial charge on any atom is -0.347 e. The number of rotatable bonds is 3. The van der Waals surface area contributed by atoms with Gasteiger partial charge >= 0.3 is 0 Å². The lowest BCUT2D eigenvalue weighted by atomic mass is 10.2. The molecule has 0 aliphatic heterocycles.